The largest absolute Gasteiger partial charge is 0.481 e. The molecule has 1 N–H and O–H groups in total. The second kappa shape index (κ2) is 33.3. The predicted octanol–water partition coefficient (Wildman–Crippen LogP) is 9.93. The molecule has 0 aromatic carbocycles. The van der Waals surface area contributed by atoms with E-state index in [1.54, 1.807) is 0 Å². The van der Waals surface area contributed by atoms with Crippen LogP contribution in [0.3, 0.4) is 0 Å². The maximum atomic E-state index is 10.3. The van der Waals surface area contributed by atoms with Gasteiger partial charge in [0.1, 0.15) is 6.29 Å². The van der Waals surface area contributed by atoms with Gasteiger partial charge < -0.3 is 9.90 Å². The van der Waals surface area contributed by atoms with E-state index in [1.165, 1.54) is 83.5 Å². The number of rotatable bonds is 23. The van der Waals surface area contributed by atoms with E-state index >= 15 is 0 Å². The van der Waals surface area contributed by atoms with E-state index in [9.17, 15) is 9.59 Å². The van der Waals surface area contributed by atoms with Crippen LogP contribution in [0.2, 0.25) is 0 Å². The molecule has 3 heteroatoms. The third-order valence-corrected chi connectivity index (χ3v) is 5.37. The maximum Gasteiger partial charge on any atom is 0.303 e. The van der Waals surface area contributed by atoms with Crippen molar-refractivity contribution in [2.24, 2.45) is 0 Å². The van der Waals surface area contributed by atoms with E-state index in [0.717, 1.165) is 32.0 Å². The number of hydrogen-bond acceptors (Lipinski definition) is 2. The van der Waals surface area contributed by atoms with Gasteiger partial charge in [0.25, 0.3) is 0 Å². The first-order valence-electron chi connectivity index (χ1n) is 14.0. The second-order valence-corrected chi connectivity index (χ2v) is 8.81. The summed E-state index contributed by atoms with van der Waals surface area (Å²) in [5.74, 6) is -0.667. The Morgan fingerprint density at radius 1 is 0.529 bits per heavy atom. The summed E-state index contributed by atoms with van der Waals surface area (Å²) in [4.78, 5) is 20.3. The Morgan fingerprint density at radius 3 is 1.59 bits per heavy atom. The van der Waals surface area contributed by atoms with E-state index in [0.29, 0.717) is 12.8 Å². The first kappa shape index (κ1) is 34.3. The van der Waals surface area contributed by atoms with Crippen molar-refractivity contribution in [2.45, 2.75) is 136 Å². The number of carboxylic acids is 1. The molecule has 0 rings (SSSR count). The fourth-order valence-electron chi connectivity index (χ4n) is 3.24. The maximum absolute atomic E-state index is 10.3. The van der Waals surface area contributed by atoms with Gasteiger partial charge in [0.15, 0.2) is 0 Å². The fraction of sp³-hybridized carbons (Fsp3) is 0.677. The van der Waals surface area contributed by atoms with Crippen LogP contribution in [-0.2, 0) is 9.59 Å². The summed E-state index contributed by atoms with van der Waals surface area (Å²) in [6, 6.07) is 0. The molecule has 0 bridgehead atoms. The van der Waals surface area contributed by atoms with Crippen LogP contribution in [0.4, 0.5) is 0 Å². The molecule has 34 heavy (non-hydrogen) atoms. The molecule has 0 saturated carbocycles. The van der Waals surface area contributed by atoms with Crippen molar-refractivity contribution in [2.75, 3.05) is 0 Å². The minimum absolute atomic E-state index is 0.331. The van der Waals surface area contributed by atoms with Crippen LogP contribution in [0, 0.1) is 0 Å². The lowest BCUT2D eigenvalue weighted by Crippen LogP contribution is -1.93. The van der Waals surface area contributed by atoms with E-state index in [-0.39, 0.29) is 0 Å². The third-order valence-electron chi connectivity index (χ3n) is 5.37. The van der Waals surface area contributed by atoms with Crippen molar-refractivity contribution in [3.05, 3.63) is 48.6 Å². The molecule has 3 nitrogen and oxygen atoms in total. The van der Waals surface area contributed by atoms with Gasteiger partial charge in [-0.05, 0) is 64.2 Å². The molecular weight excluding hydrogens is 420 g/mol. The number of hydrogen-bond donors (Lipinski definition) is 1. The van der Waals surface area contributed by atoms with Gasteiger partial charge in [-0.15, -0.1) is 0 Å². The Hall–Kier alpha value is -1.90. The molecule has 0 amide bonds. The van der Waals surface area contributed by atoms with Gasteiger partial charge in [0.05, 0.1) is 0 Å². The first-order valence-corrected chi connectivity index (χ1v) is 14.0. The molecule has 0 unspecified atom stereocenters. The highest BCUT2D eigenvalue weighted by atomic mass is 16.4. The van der Waals surface area contributed by atoms with Crippen molar-refractivity contribution in [3.63, 3.8) is 0 Å². The van der Waals surface area contributed by atoms with E-state index < -0.39 is 5.97 Å². The normalized spacial score (nSPS) is 11.6. The Bertz CT molecular complexity index is 529. The molecule has 0 heterocycles. The quantitative estimate of drug-likeness (QED) is 0.0693. The molecule has 0 aliphatic rings. The van der Waals surface area contributed by atoms with Gasteiger partial charge in [0, 0.05) is 12.8 Å². The number of unbranched alkanes of at least 4 members (excludes halogenated alkanes) is 13. The number of carboxylic acid groups (broad SMARTS) is 1. The fourth-order valence-corrected chi connectivity index (χ4v) is 3.24. The van der Waals surface area contributed by atoms with Crippen LogP contribution in [0.5, 0.6) is 0 Å². The summed E-state index contributed by atoms with van der Waals surface area (Å²) in [6.07, 6.45) is 39.6. The van der Waals surface area contributed by atoms with Crippen molar-refractivity contribution in [1.29, 1.82) is 0 Å². The first-order chi connectivity index (χ1) is 16.7. The topological polar surface area (TPSA) is 54.4 Å². The molecule has 196 valence electrons. The van der Waals surface area contributed by atoms with Gasteiger partial charge in [-0.2, -0.15) is 0 Å². The summed E-state index contributed by atoms with van der Waals surface area (Å²) in [5, 5.41) is 8.47. The Balaban J connectivity index is 0. The SMILES string of the molecule is CCCC/C=C\CCC/C=C/C=C/CCC=O.CCCCC/C=C\CCCCCCCC(=O)O. The van der Waals surface area contributed by atoms with Crippen LogP contribution in [-0.4, -0.2) is 17.4 Å². The van der Waals surface area contributed by atoms with Gasteiger partial charge >= 0.3 is 5.97 Å². The summed E-state index contributed by atoms with van der Waals surface area (Å²) < 4.78 is 0. The zero-order valence-corrected chi connectivity index (χ0v) is 22.4. The number of carbonyl (C=O) groups excluding carboxylic acids is 1. The molecule has 0 aromatic heterocycles. The molecule has 0 spiro atoms. The molecule has 0 aliphatic carbocycles. The van der Waals surface area contributed by atoms with Gasteiger partial charge in [-0.25, -0.2) is 0 Å². The minimum atomic E-state index is -0.667. The minimum Gasteiger partial charge on any atom is -0.481 e. The number of aldehydes is 1. The number of carbonyl (C=O) groups is 2. The van der Waals surface area contributed by atoms with Crippen LogP contribution in [0.1, 0.15) is 136 Å². The lowest BCUT2D eigenvalue weighted by molar-refractivity contribution is -0.137. The highest BCUT2D eigenvalue weighted by molar-refractivity contribution is 5.66. The summed E-state index contributed by atoms with van der Waals surface area (Å²) in [7, 11) is 0. The molecule has 0 saturated heterocycles. The molecule has 0 atom stereocenters. The van der Waals surface area contributed by atoms with E-state index in [4.69, 9.17) is 5.11 Å². The summed E-state index contributed by atoms with van der Waals surface area (Å²) in [5.41, 5.74) is 0. The van der Waals surface area contributed by atoms with Gasteiger partial charge in [-0.1, -0.05) is 107 Å². The molecule has 0 radical (unpaired) electrons. The zero-order chi connectivity index (χ0) is 25.4. The van der Waals surface area contributed by atoms with Crippen LogP contribution in [0.15, 0.2) is 48.6 Å². The van der Waals surface area contributed by atoms with Crippen molar-refractivity contribution >= 4 is 12.3 Å². The lowest BCUT2D eigenvalue weighted by Gasteiger charge is -1.98. The number of allylic oxidation sites excluding steroid dienone is 8. The average Bonchev–Trinajstić information content (AvgIpc) is 2.83. The van der Waals surface area contributed by atoms with Crippen LogP contribution < -0.4 is 0 Å². The average molecular weight is 475 g/mol. The smallest absolute Gasteiger partial charge is 0.303 e. The monoisotopic (exact) mass is 474 g/mol. The summed E-state index contributed by atoms with van der Waals surface area (Å²) >= 11 is 0. The number of aliphatic carboxylic acids is 1. The van der Waals surface area contributed by atoms with Gasteiger partial charge in [0.2, 0.25) is 0 Å². The highest BCUT2D eigenvalue weighted by Crippen LogP contribution is 2.08. The van der Waals surface area contributed by atoms with Crippen LogP contribution >= 0.6 is 0 Å². The Kier molecular flexibility index (Phi) is 33.5. The standard InChI is InChI=1S/C16H26O.C15H28O2/c1-2-3-4-5-6-7-8-9-10-11-12-13-14-15-16-17;1-2-3-4-5-6-7-8-9-10-11-12-13-14-15(16)17/h5-6,10-13,16H,2-4,7-9,14-15H2,1H3;6-7H,2-5,8-14H2,1H3,(H,16,17)/b6-5-,11-10+,13-12+;7-6-. The Labute approximate surface area is 211 Å². The highest BCUT2D eigenvalue weighted by Gasteiger charge is 1.95. The van der Waals surface area contributed by atoms with Crippen molar-refractivity contribution in [3.8, 4) is 0 Å². The molecular formula is C31H54O3. The molecule has 0 aromatic rings. The van der Waals surface area contributed by atoms with E-state index in [1.807, 2.05) is 12.2 Å². The van der Waals surface area contributed by atoms with Crippen molar-refractivity contribution in [1.82, 2.24) is 0 Å². The molecule has 0 aliphatic heterocycles. The Morgan fingerprint density at radius 2 is 1.00 bits per heavy atom. The zero-order valence-electron chi connectivity index (χ0n) is 22.4. The van der Waals surface area contributed by atoms with Crippen LogP contribution in [0.25, 0.3) is 0 Å². The lowest BCUT2D eigenvalue weighted by atomic mass is 10.1. The molecule has 0 fully saturated rings. The second-order valence-electron chi connectivity index (χ2n) is 8.81. The van der Waals surface area contributed by atoms with Gasteiger partial charge in [-0.3, -0.25) is 4.79 Å². The van der Waals surface area contributed by atoms with E-state index in [2.05, 4.69) is 50.3 Å². The third kappa shape index (κ3) is 37.4. The predicted molar refractivity (Wildman–Crippen MR) is 149 cm³/mol. The van der Waals surface area contributed by atoms with Crippen molar-refractivity contribution < 1.29 is 14.7 Å². The summed E-state index contributed by atoms with van der Waals surface area (Å²) in [6.45, 7) is 4.45.